The molecule has 0 radical (unpaired) electrons. The van der Waals surface area contributed by atoms with Gasteiger partial charge in [0, 0.05) is 18.8 Å². The zero-order valence-corrected chi connectivity index (χ0v) is 20.8. The molecule has 30 heavy (non-hydrogen) atoms. The molecule has 178 valence electrons. The van der Waals surface area contributed by atoms with Crippen molar-refractivity contribution in [2.45, 2.75) is 131 Å². The van der Waals surface area contributed by atoms with E-state index in [1.807, 2.05) is 13.8 Å². The maximum atomic E-state index is 12.1. The highest BCUT2D eigenvalue weighted by Gasteiger charge is 2.21. The Morgan fingerprint density at radius 1 is 0.667 bits per heavy atom. The lowest BCUT2D eigenvalue weighted by molar-refractivity contribution is -0.155. The molecule has 0 amide bonds. The predicted octanol–water partition coefficient (Wildman–Crippen LogP) is 7.48. The first-order chi connectivity index (χ1) is 14.3. The highest BCUT2D eigenvalue weighted by molar-refractivity contribution is 5.70. The van der Waals surface area contributed by atoms with Crippen LogP contribution in [0.15, 0.2) is 0 Å². The standard InChI is InChI=1S/C26H50O4/c1-7-24(30-26(28)19-15-11-9-13-17-22(4)5)23(6)20-29-25(27)18-14-10-8-12-16-21(2)3/h21-24H,7-20H2,1-6H3. The molecular formula is C26H50O4. The van der Waals surface area contributed by atoms with E-state index >= 15 is 0 Å². The minimum absolute atomic E-state index is 0.0278. The second-order valence-electron chi connectivity index (χ2n) is 9.79. The highest BCUT2D eigenvalue weighted by atomic mass is 16.6. The molecule has 2 atom stereocenters. The van der Waals surface area contributed by atoms with Crippen LogP contribution in [0.2, 0.25) is 0 Å². The molecule has 4 nitrogen and oxygen atoms in total. The zero-order chi connectivity index (χ0) is 22.8. The van der Waals surface area contributed by atoms with Crippen LogP contribution < -0.4 is 0 Å². The normalized spacial score (nSPS) is 13.5. The van der Waals surface area contributed by atoms with Gasteiger partial charge < -0.3 is 9.47 Å². The third-order valence-corrected chi connectivity index (χ3v) is 5.65. The van der Waals surface area contributed by atoms with E-state index in [-0.39, 0.29) is 24.0 Å². The van der Waals surface area contributed by atoms with Gasteiger partial charge in [-0.25, -0.2) is 0 Å². The maximum Gasteiger partial charge on any atom is 0.306 e. The molecule has 0 aliphatic heterocycles. The van der Waals surface area contributed by atoms with Crippen molar-refractivity contribution in [2.75, 3.05) is 6.61 Å². The van der Waals surface area contributed by atoms with Crippen molar-refractivity contribution in [1.29, 1.82) is 0 Å². The molecule has 0 rings (SSSR count). The van der Waals surface area contributed by atoms with E-state index < -0.39 is 0 Å². The van der Waals surface area contributed by atoms with Crippen LogP contribution >= 0.6 is 0 Å². The Kier molecular flexibility index (Phi) is 18.0. The Morgan fingerprint density at radius 3 is 1.60 bits per heavy atom. The number of carbonyl (C=O) groups excluding carboxylic acids is 2. The van der Waals surface area contributed by atoms with E-state index in [9.17, 15) is 9.59 Å². The second kappa shape index (κ2) is 18.7. The Hall–Kier alpha value is -1.06. The first-order valence-electron chi connectivity index (χ1n) is 12.6. The van der Waals surface area contributed by atoms with Crippen LogP contribution in [0.3, 0.4) is 0 Å². The van der Waals surface area contributed by atoms with Gasteiger partial charge in [-0.1, -0.05) is 92.9 Å². The van der Waals surface area contributed by atoms with Crippen LogP contribution in [0.4, 0.5) is 0 Å². The lowest BCUT2D eigenvalue weighted by atomic mass is 10.0. The minimum Gasteiger partial charge on any atom is -0.465 e. The molecule has 0 saturated heterocycles. The Bertz CT molecular complexity index is 431. The van der Waals surface area contributed by atoms with Gasteiger partial charge in [-0.15, -0.1) is 0 Å². The van der Waals surface area contributed by atoms with Crippen LogP contribution in [0, 0.1) is 17.8 Å². The molecule has 0 heterocycles. The van der Waals surface area contributed by atoms with Crippen molar-refractivity contribution < 1.29 is 19.1 Å². The fourth-order valence-electron chi connectivity index (χ4n) is 3.58. The SMILES string of the molecule is CCC(OC(=O)CCCCCCC(C)C)C(C)COC(=O)CCCCCCC(C)C. The number of unbranched alkanes of at least 4 members (excludes halogenated alkanes) is 6. The van der Waals surface area contributed by atoms with Gasteiger partial charge in [0.2, 0.25) is 0 Å². The third kappa shape index (κ3) is 17.8. The molecule has 0 bridgehead atoms. The summed E-state index contributed by atoms with van der Waals surface area (Å²) in [4.78, 5) is 24.1. The minimum atomic E-state index is -0.178. The number of carbonyl (C=O) groups is 2. The van der Waals surface area contributed by atoms with Crippen molar-refractivity contribution in [3.05, 3.63) is 0 Å². The van der Waals surface area contributed by atoms with Gasteiger partial charge in [-0.2, -0.15) is 0 Å². The van der Waals surface area contributed by atoms with Gasteiger partial charge in [0.1, 0.15) is 6.10 Å². The fraction of sp³-hybridized carbons (Fsp3) is 0.923. The van der Waals surface area contributed by atoms with Gasteiger partial charge in [0.05, 0.1) is 6.61 Å². The van der Waals surface area contributed by atoms with E-state index in [0.717, 1.165) is 43.9 Å². The Morgan fingerprint density at radius 2 is 1.13 bits per heavy atom. The molecule has 0 spiro atoms. The molecule has 0 aromatic rings. The first-order valence-corrected chi connectivity index (χ1v) is 12.6. The van der Waals surface area contributed by atoms with Gasteiger partial charge in [0.15, 0.2) is 0 Å². The number of esters is 2. The summed E-state index contributed by atoms with van der Waals surface area (Å²) >= 11 is 0. The van der Waals surface area contributed by atoms with E-state index in [0.29, 0.717) is 19.4 Å². The van der Waals surface area contributed by atoms with Crippen molar-refractivity contribution in [1.82, 2.24) is 0 Å². The summed E-state index contributed by atoms with van der Waals surface area (Å²) in [6.07, 6.45) is 12.9. The van der Waals surface area contributed by atoms with E-state index in [2.05, 4.69) is 27.7 Å². The molecule has 0 N–H and O–H groups in total. The van der Waals surface area contributed by atoms with Crippen LogP contribution in [0.1, 0.15) is 125 Å². The van der Waals surface area contributed by atoms with Crippen LogP contribution in [-0.4, -0.2) is 24.6 Å². The van der Waals surface area contributed by atoms with E-state index in [1.165, 1.54) is 38.5 Å². The molecule has 0 aliphatic carbocycles. The summed E-state index contributed by atoms with van der Waals surface area (Å²) in [6, 6.07) is 0. The Balaban J connectivity index is 3.88. The van der Waals surface area contributed by atoms with Crippen LogP contribution in [-0.2, 0) is 19.1 Å². The Labute approximate surface area is 186 Å². The summed E-state index contributed by atoms with van der Waals surface area (Å²) < 4.78 is 11.1. The van der Waals surface area contributed by atoms with E-state index in [4.69, 9.17) is 9.47 Å². The molecule has 0 aliphatic rings. The lowest BCUT2D eigenvalue weighted by Gasteiger charge is -2.23. The molecule has 0 aromatic heterocycles. The van der Waals surface area contributed by atoms with Gasteiger partial charge in [0.25, 0.3) is 0 Å². The van der Waals surface area contributed by atoms with E-state index in [1.54, 1.807) is 0 Å². The molecule has 0 saturated carbocycles. The lowest BCUT2D eigenvalue weighted by Crippen LogP contribution is -2.28. The van der Waals surface area contributed by atoms with Gasteiger partial charge in [-0.05, 0) is 31.1 Å². The molecule has 0 fully saturated rings. The fourth-order valence-corrected chi connectivity index (χ4v) is 3.58. The maximum absolute atomic E-state index is 12.1. The third-order valence-electron chi connectivity index (χ3n) is 5.65. The largest absolute Gasteiger partial charge is 0.465 e. The molecular weight excluding hydrogens is 376 g/mol. The van der Waals surface area contributed by atoms with Crippen LogP contribution in [0.25, 0.3) is 0 Å². The highest BCUT2D eigenvalue weighted by Crippen LogP contribution is 2.16. The number of hydrogen-bond donors (Lipinski definition) is 0. The van der Waals surface area contributed by atoms with Crippen LogP contribution in [0.5, 0.6) is 0 Å². The summed E-state index contributed by atoms with van der Waals surface area (Å²) in [6.45, 7) is 13.3. The average molecular weight is 427 g/mol. The molecule has 2 unspecified atom stereocenters. The summed E-state index contributed by atoms with van der Waals surface area (Å²) in [5.41, 5.74) is 0. The summed E-state index contributed by atoms with van der Waals surface area (Å²) in [7, 11) is 0. The van der Waals surface area contributed by atoms with Gasteiger partial charge >= 0.3 is 11.9 Å². The number of hydrogen-bond acceptors (Lipinski definition) is 4. The monoisotopic (exact) mass is 426 g/mol. The molecule has 4 heteroatoms. The van der Waals surface area contributed by atoms with Crippen molar-refractivity contribution >= 4 is 11.9 Å². The average Bonchev–Trinajstić information content (AvgIpc) is 2.69. The molecule has 0 aromatic carbocycles. The summed E-state index contributed by atoms with van der Waals surface area (Å²) in [5.74, 6) is 1.29. The quantitative estimate of drug-likeness (QED) is 0.159. The second-order valence-corrected chi connectivity index (χ2v) is 9.79. The zero-order valence-electron chi connectivity index (χ0n) is 20.8. The first kappa shape index (κ1) is 28.9. The smallest absolute Gasteiger partial charge is 0.306 e. The van der Waals surface area contributed by atoms with Gasteiger partial charge in [-0.3, -0.25) is 9.59 Å². The van der Waals surface area contributed by atoms with Crippen molar-refractivity contribution in [3.8, 4) is 0 Å². The topological polar surface area (TPSA) is 52.6 Å². The van der Waals surface area contributed by atoms with Crippen molar-refractivity contribution in [2.24, 2.45) is 17.8 Å². The predicted molar refractivity (Wildman–Crippen MR) is 125 cm³/mol. The number of ether oxygens (including phenoxy) is 2. The van der Waals surface area contributed by atoms with Crippen molar-refractivity contribution in [3.63, 3.8) is 0 Å². The number of rotatable bonds is 19. The summed E-state index contributed by atoms with van der Waals surface area (Å²) in [5, 5.41) is 0.